The van der Waals surface area contributed by atoms with Gasteiger partial charge in [0.1, 0.15) is 17.1 Å². The molecule has 1 N–H and O–H groups in total. The van der Waals surface area contributed by atoms with Crippen molar-refractivity contribution in [3.8, 4) is 11.3 Å². The first-order chi connectivity index (χ1) is 14.9. The highest BCUT2D eigenvalue weighted by atomic mass is 19.3. The third kappa shape index (κ3) is 4.00. The standard InChI is InChI=1S/C21H19F3N6O/c1-3-29-9-8-16(28-29)12(2)26-21(31)15-11-25-30-18(19(23)24)10-17(27-20(15)30)13-4-6-14(22)7-5-13/h4-12,19H,3H2,1-2H3,(H,26,31). The molecule has 3 heterocycles. The molecule has 4 aromatic rings. The van der Waals surface area contributed by atoms with Crippen LogP contribution in [0.3, 0.4) is 0 Å². The molecule has 0 fully saturated rings. The molecule has 0 aliphatic carbocycles. The summed E-state index contributed by atoms with van der Waals surface area (Å²) in [6.07, 6.45) is 0.158. The molecule has 1 amide bonds. The number of alkyl halides is 2. The van der Waals surface area contributed by atoms with Gasteiger partial charge in [-0.25, -0.2) is 22.7 Å². The molecule has 160 valence electrons. The molecule has 0 saturated heterocycles. The summed E-state index contributed by atoms with van der Waals surface area (Å²) in [7, 11) is 0. The second kappa shape index (κ2) is 8.21. The first kappa shape index (κ1) is 20.6. The monoisotopic (exact) mass is 428 g/mol. The van der Waals surface area contributed by atoms with Gasteiger partial charge in [0, 0.05) is 18.3 Å². The quantitative estimate of drug-likeness (QED) is 0.500. The Morgan fingerprint density at radius 2 is 1.94 bits per heavy atom. The number of carbonyl (C=O) groups is 1. The topological polar surface area (TPSA) is 77.1 Å². The van der Waals surface area contributed by atoms with Crippen molar-refractivity contribution in [1.29, 1.82) is 0 Å². The van der Waals surface area contributed by atoms with E-state index in [2.05, 4.69) is 20.5 Å². The molecule has 31 heavy (non-hydrogen) atoms. The van der Waals surface area contributed by atoms with Crippen molar-refractivity contribution in [2.45, 2.75) is 32.9 Å². The van der Waals surface area contributed by atoms with Gasteiger partial charge in [0.2, 0.25) is 0 Å². The molecule has 4 rings (SSSR count). The highest BCUT2D eigenvalue weighted by molar-refractivity contribution is 6.00. The van der Waals surface area contributed by atoms with Crippen molar-refractivity contribution in [3.05, 3.63) is 71.6 Å². The summed E-state index contributed by atoms with van der Waals surface area (Å²) >= 11 is 0. The van der Waals surface area contributed by atoms with E-state index in [0.717, 1.165) is 4.52 Å². The lowest BCUT2D eigenvalue weighted by atomic mass is 10.1. The van der Waals surface area contributed by atoms with Crippen molar-refractivity contribution in [2.24, 2.45) is 0 Å². The Balaban J connectivity index is 1.72. The zero-order valence-electron chi connectivity index (χ0n) is 16.8. The van der Waals surface area contributed by atoms with E-state index < -0.39 is 29.9 Å². The highest BCUT2D eigenvalue weighted by Gasteiger charge is 2.23. The van der Waals surface area contributed by atoms with Crippen molar-refractivity contribution in [2.75, 3.05) is 0 Å². The summed E-state index contributed by atoms with van der Waals surface area (Å²) in [5.74, 6) is -0.972. The van der Waals surface area contributed by atoms with Crippen LogP contribution in [-0.4, -0.2) is 30.3 Å². The number of fused-ring (bicyclic) bond motifs is 1. The summed E-state index contributed by atoms with van der Waals surface area (Å²) in [5.41, 5.74) is 0.912. The Hall–Kier alpha value is -3.69. The minimum Gasteiger partial charge on any atom is -0.344 e. The third-order valence-electron chi connectivity index (χ3n) is 4.88. The molecule has 0 aliphatic rings. The zero-order valence-corrected chi connectivity index (χ0v) is 16.8. The lowest BCUT2D eigenvalue weighted by Gasteiger charge is -2.12. The zero-order chi connectivity index (χ0) is 22.1. The number of amides is 1. The van der Waals surface area contributed by atoms with Crippen LogP contribution in [0.2, 0.25) is 0 Å². The number of hydrogen-bond acceptors (Lipinski definition) is 4. The van der Waals surface area contributed by atoms with E-state index >= 15 is 0 Å². The summed E-state index contributed by atoms with van der Waals surface area (Å²) < 4.78 is 43.3. The maximum absolute atomic E-state index is 13.7. The van der Waals surface area contributed by atoms with Crippen LogP contribution < -0.4 is 5.32 Å². The fourth-order valence-electron chi connectivity index (χ4n) is 3.20. The smallest absolute Gasteiger partial charge is 0.280 e. The number of aryl methyl sites for hydroxylation is 1. The maximum atomic E-state index is 13.7. The van der Waals surface area contributed by atoms with E-state index in [9.17, 15) is 18.0 Å². The molecule has 0 bridgehead atoms. The second-order valence-corrected chi connectivity index (χ2v) is 6.96. The first-order valence-corrected chi connectivity index (χ1v) is 9.64. The third-order valence-corrected chi connectivity index (χ3v) is 4.88. The van der Waals surface area contributed by atoms with E-state index in [1.54, 1.807) is 23.9 Å². The summed E-state index contributed by atoms with van der Waals surface area (Å²) in [6, 6.07) is 7.86. The number of nitrogens with zero attached hydrogens (tertiary/aromatic N) is 5. The van der Waals surface area contributed by atoms with Gasteiger partial charge >= 0.3 is 0 Å². The van der Waals surface area contributed by atoms with Gasteiger partial charge in [-0.1, -0.05) is 0 Å². The Morgan fingerprint density at radius 1 is 1.19 bits per heavy atom. The molecular formula is C21H19F3N6O. The Morgan fingerprint density at radius 3 is 2.58 bits per heavy atom. The average molecular weight is 428 g/mol. The highest BCUT2D eigenvalue weighted by Crippen LogP contribution is 2.27. The molecular weight excluding hydrogens is 409 g/mol. The molecule has 10 heteroatoms. The minimum atomic E-state index is -2.85. The summed E-state index contributed by atoms with van der Waals surface area (Å²) in [4.78, 5) is 17.2. The Labute approximate surface area is 175 Å². The van der Waals surface area contributed by atoms with Crippen LogP contribution in [0.25, 0.3) is 16.9 Å². The van der Waals surface area contributed by atoms with Crippen LogP contribution in [0.1, 0.15) is 48.1 Å². The SMILES string of the molecule is CCn1ccc(C(C)NC(=O)c2cnn3c(C(F)F)cc(-c4ccc(F)cc4)nc23)n1. The van der Waals surface area contributed by atoms with Gasteiger partial charge < -0.3 is 5.32 Å². The molecule has 3 aromatic heterocycles. The van der Waals surface area contributed by atoms with Crippen LogP contribution in [0, 0.1) is 5.82 Å². The number of hydrogen-bond donors (Lipinski definition) is 1. The summed E-state index contributed by atoms with van der Waals surface area (Å²) in [5, 5.41) is 11.1. The van der Waals surface area contributed by atoms with Crippen molar-refractivity contribution in [1.82, 2.24) is 29.7 Å². The summed E-state index contributed by atoms with van der Waals surface area (Å²) in [6.45, 7) is 4.42. The van der Waals surface area contributed by atoms with Crippen LogP contribution in [0.5, 0.6) is 0 Å². The lowest BCUT2D eigenvalue weighted by molar-refractivity contribution is 0.0940. The van der Waals surface area contributed by atoms with E-state index in [4.69, 9.17) is 0 Å². The fraction of sp³-hybridized carbons (Fsp3) is 0.238. The Kier molecular flexibility index (Phi) is 5.45. The van der Waals surface area contributed by atoms with Crippen LogP contribution >= 0.6 is 0 Å². The number of rotatable bonds is 6. The van der Waals surface area contributed by atoms with E-state index in [1.807, 2.05) is 6.92 Å². The average Bonchev–Trinajstić information content (AvgIpc) is 3.40. The van der Waals surface area contributed by atoms with Gasteiger partial charge in [-0.3, -0.25) is 9.48 Å². The van der Waals surface area contributed by atoms with E-state index in [0.29, 0.717) is 17.8 Å². The van der Waals surface area contributed by atoms with Gasteiger partial charge in [0.15, 0.2) is 5.65 Å². The normalized spacial score (nSPS) is 12.5. The Bertz CT molecular complexity index is 1230. The molecule has 1 aromatic carbocycles. The molecule has 1 atom stereocenters. The van der Waals surface area contributed by atoms with E-state index in [-0.39, 0.29) is 16.9 Å². The predicted molar refractivity (Wildman–Crippen MR) is 107 cm³/mol. The number of halogens is 3. The fourth-order valence-corrected chi connectivity index (χ4v) is 3.20. The second-order valence-electron chi connectivity index (χ2n) is 6.96. The van der Waals surface area contributed by atoms with Crippen LogP contribution in [-0.2, 0) is 6.54 Å². The van der Waals surface area contributed by atoms with Crippen molar-refractivity contribution < 1.29 is 18.0 Å². The number of carbonyl (C=O) groups excluding carboxylic acids is 1. The number of nitrogens with one attached hydrogen (secondary N) is 1. The molecule has 0 spiro atoms. The van der Waals surface area contributed by atoms with Gasteiger partial charge in [-0.2, -0.15) is 10.2 Å². The van der Waals surface area contributed by atoms with Gasteiger partial charge in [0.05, 0.1) is 23.6 Å². The lowest BCUT2D eigenvalue weighted by Crippen LogP contribution is -2.27. The van der Waals surface area contributed by atoms with Gasteiger partial charge in [-0.15, -0.1) is 0 Å². The molecule has 0 radical (unpaired) electrons. The first-order valence-electron chi connectivity index (χ1n) is 9.64. The van der Waals surface area contributed by atoms with Crippen LogP contribution in [0.4, 0.5) is 13.2 Å². The molecule has 0 saturated carbocycles. The van der Waals surface area contributed by atoms with Crippen molar-refractivity contribution >= 4 is 11.6 Å². The largest absolute Gasteiger partial charge is 0.344 e. The maximum Gasteiger partial charge on any atom is 0.280 e. The number of aromatic nitrogens is 5. The predicted octanol–water partition coefficient (Wildman–Crippen LogP) is 4.18. The molecule has 1 unspecified atom stereocenters. The van der Waals surface area contributed by atoms with Crippen LogP contribution in [0.15, 0.2) is 48.8 Å². The van der Waals surface area contributed by atoms with Gasteiger partial charge in [0.25, 0.3) is 12.3 Å². The van der Waals surface area contributed by atoms with E-state index in [1.165, 1.54) is 36.5 Å². The number of benzene rings is 1. The minimum absolute atomic E-state index is 0.0130. The van der Waals surface area contributed by atoms with Crippen molar-refractivity contribution in [3.63, 3.8) is 0 Å². The molecule has 7 nitrogen and oxygen atoms in total. The van der Waals surface area contributed by atoms with Gasteiger partial charge in [-0.05, 0) is 50.2 Å². The molecule has 0 aliphatic heterocycles.